The van der Waals surface area contributed by atoms with Crippen molar-refractivity contribution in [2.75, 3.05) is 0 Å². The molecular weight excluding hydrogens is 218 g/mol. The van der Waals surface area contributed by atoms with Crippen molar-refractivity contribution in [3.05, 3.63) is 51.5 Å². The maximum absolute atomic E-state index is 12.0. The van der Waals surface area contributed by atoms with E-state index in [0.29, 0.717) is 12.1 Å². The zero-order valence-electron chi connectivity index (χ0n) is 9.36. The third-order valence-electron chi connectivity index (χ3n) is 2.39. The van der Waals surface area contributed by atoms with Gasteiger partial charge < -0.3 is 0 Å². The average Bonchev–Trinajstić information content (AvgIpc) is 2.70. The lowest BCUT2D eigenvalue weighted by atomic mass is 10.1. The molecule has 2 rings (SSSR count). The third-order valence-corrected chi connectivity index (χ3v) is 3.27. The Morgan fingerprint density at radius 2 is 2.25 bits per heavy atom. The van der Waals surface area contributed by atoms with Crippen LogP contribution in [-0.2, 0) is 6.42 Å². The van der Waals surface area contributed by atoms with Crippen LogP contribution >= 0.6 is 11.3 Å². The summed E-state index contributed by atoms with van der Waals surface area (Å²) < 4.78 is 0. The lowest BCUT2D eigenvalue weighted by Gasteiger charge is -2.03. The number of hydrogen-bond donors (Lipinski definition) is 0. The fraction of sp³-hybridized carbons (Fsp3) is 0.231. The van der Waals surface area contributed by atoms with Gasteiger partial charge in [0, 0.05) is 17.5 Å². The minimum Gasteiger partial charge on any atom is -0.292 e. The molecule has 0 saturated carbocycles. The van der Waals surface area contributed by atoms with Crippen molar-refractivity contribution in [3.8, 4) is 0 Å². The molecule has 0 spiro atoms. The van der Waals surface area contributed by atoms with Crippen molar-refractivity contribution in [1.29, 1.82) is 0 Å². The van der Waals surface area contributed by atoms with Crippen LogP contribution in [0.25, 0.3) is 0 Å². The molecule has 0 saturated heterocycles. The highest BCUT2D eigenvalue weighted by Gasteiger charge is 2.11. The topological polar surface area (TPSA) is 30.0 Å². The van der Waals surface area contributed by atoms with Gasteiger partial charge in [0.15, 0.2) is 5.78 Å². The van der Waals surface area contributed by atoms with Crippen molar-refractivity contribution in [2.45, 2.75) is 20.3 Å². The molecule has 3 heteroatoms. The zero-order chi connectivity index (χ0) is 11.5. The van der Waals surface area contributed by atoms with Gasteiger partial charge in [0.1, 0.15) is 5.69 Å². The minimum absolute atomic E-state index is 0.0972. The first-order valence-electron chi connectivity index (χ1n) is 5.15. The molecule has 2 aromatic heterocycles. The van der Waals surface area contributed by atoms with E-state index in [1.807, 2.05) is 37.4 Å². The van der Waals surface area contributed by atoms with Crippen LogP contribution in [0, 0.1) is 13.8 Å². The third kappa shape index (κ3) is 2.36. The molecule has 0 aromatic carbocycles. The number of Topliss-reactive ketones (excluding diaryl/α,β-unsaturated/α-hetero) is 1. The van der Waals surface area contributed by atoms with Crippen molar-refractivity contribution >= 4 is 17.1 Å². The monoisotopic (exact) mass is 231 g/mol. The van der Waals surface area contributed by atoms with E-state index in [2.05, 4.69) is 4.98 Å². The SMILES string of the molecule is Cc1cnc(C(=O)Cc2cccs2)c(C)c1. The predicted molar refractivity (Wildman–Crippen MR) is 66.1 cm³/mol. The highest BCUT2D eigenvalue weighted by Crippen LogP contribution is 2.14. The molecular formula is C13H13NOS. The van der Waals surface area contributed by atoms with Crippen molar-refractivity contribution < 1.29 is 4.79 Å². The Morgan fingerprint density at radius 3 is 2.88 bits per heavy atom. The summed E-state index contributed by atoms with van der Waals surface area (Å²) in [5.74, 6) is 0.0972. The number of rotatable bonds is 3. The number of hydrogen-bond acceptors (Lipinski definition) is 3. The summed E-state index contributed by atoms with van der Waals surface area (Å²) in [6.45, 7) is 3.91. The molecule has 2 aromatic rings. The molecule has 0 radical (unpaired) electrons. The molecule has 16 heavy (non-hydrogen) atoms. The molecule has 0 amide bonds. The number of aromatic nitrogens is 1. The summed E-state index contributed by atoms with van der Waals surface area (Å²) in [6, 6.07) is 5.93. The van der Waals surface area contributed by atoms with Crippen LogP contribution in [0.5, 0.6) is 0 Å². The smallest absolute Gasteiger partial charge is 0.186 e. The van der Waals surface area contributed by atoms with E-state index in [4.69, 9.17) is 0 Å². The number of carbonyl (C=O) groups excluding carboxylic acids is 1. The molecule has 2 heterocycles. The maximum Gasteiger partial charge on any atom is 0.186 e. The molecule has 0 aliphatic rings. The van der Waals surface area contributed by atoms with Crippen LogP contribution in [0.3, 0.4) is 0 Å². The first-order chi connectivity index (χ1) is 7.66. The largest absolute Gasteiger partial charge is 0.292 e. The Morgan fingerprint density at radius 1 is 1.44 bits per heavy atom. The zero-order valence-corrected chi connectivity index (χ0v) is 10.2. The van der Waals surface area contributed by atoms with Gasteiger partial charge in [-0.15, -0.1) is 11.3 Å². The average molecular weight is 231 g/mol. The van der Waals surface area contributed by atoms with E-state index >= 15 is 0 Å². The minimum atomic E-state index is 0.0972. The molecule has 2 nitrogen and oxygen atoms in total. The van der Waals surface area contributed by atoms with Crippen LogP contribution < -0.4 is 0 Å². The fourth-order valence-electron chi connectivity index (χ4n) is 1.66. The Bertz CT molecular complexity index is 503. The number of pyridine rings is 1. The summed E-state index contributed by atoms with van der Waals surface area (Å²) in [4.78, 5) is 17.3. The fourth-order valence-corrected chi connectivity index (χ4v) is 2.37. The van der Waals surface area contributed by atoms with Crippen LogP contribution in [-0.4, -0.2) is 10.8 Å². The molecule has 0 aliphatic carbocycles. The predicted octanol–water partition coefficient (Wildman–Crippen LogP) is 3.19. The van der Waals surface area contributed by atoms with E-state index in [0.717, 1.165) is 16.0 Å². The van der Waals surface area contributed by atoms with E-state index < -0.39 is 0 Å². The van der Waals surface area contributed by atoms with Gasteiger partial charge in [0.2, 0.25) is 0 Å². The second-order valence-corrected chi connectivity index (χ2v) is 4.89. The normalized spacial score (nSPS) is 10.4. The molecule has 0 atom stereocenters. The highest BCUT2D eigenvalue weighted by atomic mass is 32.1. The standard InChI is InChI=1S/C13H13NOS/c1-9-6-10(2)13(14-8-9)12(15)7-11-4-3-5-16-11/h3-6,8H,7H2,1-2H3. The number of ketones is 1. The lowest BCUT2D eigenvalue weighted by Crippen LogP contribution is -2.07. The van der Waals surface area contributed by atoms with E-state index in [9.17, 15) is 4.79 Å². The van der Waals surface area contributed by atoms with Crippen LogP contribution in [0.15, 0.2) is 29.8 Å². The first kappa shape index (κ1) is 11.0. The number of thiophene rings is 1. The Labute approximate surface area is 99.0 Å². The first-order valence-corrected chi connectivity index (χ1v) is 6.03. The van der Waals surface area contributed by atoms with Gasteiger partial charge in [0.25, 0.3) is 0 Å². The quantitative estimate of drug-likeness (QED) is 0.759. The second-order valence-electron chi connectivity index (χ2n) is 3.86. The van der Waals surface area contributed by atoms with E-state index in [1.165, 1.54) is 0 Å². The van der Waals surface area contributed by atoms with Gasteiger partial charge in [-0.1, -0.05) is 12.1 Å². The van der Waals surface area contributed by atoms with E-state index in [-0.39, 0.29) is 5.78 Å². The van der Waals surface area contributed by atoms with Gasteiger partial charge in [-0.2, -0.15) is 0 Å². The summed E-state index contributed by atoms with van der Waals surface area (Å²) in [5.41, 5.74) is 2.64. The van der Waals surface area contributed by atoms with Crippen molar-refractivity contribution in [3.63, 3.8) is 0 Å². The molecule has 0 fully saturated rings. The number of aryl methyl sites for hydroxylation is 2. The van der Waals surface area contributed by atoms with Crippen molar-refractivity contribution in [1.82, 2.24) is 4.98 Å². The molecule has 0 unspecified atom stereocenters. The molecule has 0 N–H and O–H groups in total. The molecule has 82 valence electrons. The number of nitrogens with zero attached hydrogens (tertiary/aromatic N) is 1. The van der Waals surface area contributed by atoms with Gasteiger partial charge >= 0.3 is 0 Å². The van der Waals surface area contributed by atoms with Gasteiger partial charge in [0.05, 0.1) is 0 Å². The Kier molecular flexibility index (Phi) is 3.15. The Balaban J connectivity index is 2.21. The van der Waals surface area contributed by atoms with Crippen LogP contribution in [0.1, 0.15) is 26.5 Å². The van der Waals surface area contributed by atoms with Gasteiger partial charge in [-0.05, 0) is 36.4 Å². The highest BCUT2D eigenvalue weighted by molar-refractivity contribution is 7.10. The Hall–Kier alpha value is -1.48. The second kappa shape index (κ2) is 4.58. The van der Waals surface area contributed by atoms with E-state index in [1.54, 1.807) is 17.5 Å². The maximum atomic E-state index is 12.0. The molecule has 0 bridgehead atoms. The summed E-state index contributed by atoms with van der Waals surface area (Å²) in [5, 5.41) is 1.98. The summed E-state index contributed by atoms with van der Waals surface area (Å²) in [6.07, 6.45) is 2.20. The summed E-state index contributed by atoms with van der Waals surface area (Å²) in [7, 11) is 0. The van der Waals surface area contributed by atoms with Gasteiger partial charge in [-0.25, -0.2) is 0 Å². The number of carbonyl (C=O) groups is 1. The lowest BCUT2D eigenvalue weighted by molar-refractivity contribution is 0.0988. The van der Waals surface area contributed by atoms with Crippen molar-refractivity contribution in [2.24, 2.45) is 0 Å². The van der Waals surface area contributed by atoms with Crippen LogP contribution in [0.4, 0.5) is 0 Å². The van der Waals surface area contributed by atoms with Gasteiger partial charge in [-0.3, -0.25) is 9.78 Å². The van der Waals surface area contributed by atoms with Crippen LogP contribution in [0.2, 0.25) is 0 Å². The summed E-state index contributed by atoms with van der Waals surface area (Å²) >= 11 is 1.61. The molecule has 0 aliphatic heterocycles.